The van der Waals surface area contributed by atoms with E-state index in [0.717, 1.165) is 0 Å². The molecule has 1 aliphatic heterocycles. The highest BCUT2D eigenvalue weighted by atomic mass is 19.3. The van der Waals surface area contributed by atoms with Gasteiger partial charge in [0.2, 0.25) is 5.54 Å². The number of nitrogens with zero attached hydrogens (tertiary/aromatic N) is 2. The number of nitrogens with one attached hydrogen (secondary N) is 2. The Bertz CT molecular complexity index is 1200. The van der Waals surface area contributed by atoms with Gasteiger partial charge in [0.1, 0.15) is 5.75 Å². The lowest BCUT2D eigenvalue weighted by atomic mass is 10.00. The van der Waals surface area contributed by atoms with Crippen molar-refractivity contribution in [2.75, 3.05) is 0 Å². The van der Waals surface area contributed by atoms with Crippen molar-refractivity contribution in [2.45, 2.75) is 18.7 Å². The molecule has 1 fully saturated rings. The predicted molar refractivity (Wildman–Crippen MR) is 101 cm³/mol. The van der Waals surface area contributed by atoms with E-state index in [1.54, 1.807) is 18.3 Å². The molecule has 3 aromatic rings. The largest absolute Gasteiger partial charge is 0.494 e. The number of halogens is 2. The number of aromatic hydroxyl groups is 1. The van der Waals surface area contributed by atoms with Crippen molar-refractivity contribution in [1.29, 1.82) is 0 Å². The Morgan fingerprint density at radius 3 is 2.80 bits per heavy atom. The molecule has 3 N–H and O–H groups in total. The molecule has 30 heavy (non-hydrogen) atoms. The number of alkyl halides is 2. The number of hydrogen-bond donors (Lipinski definition) is 3. The second-order valence-corrected chi connectivity index (χ2v) is 6.51. The highest BCUT2D eigenvalue weighted by Gasteiger charge is 2.46. The molecule has 3 heterocycles. The number of carbonyl (C=O) groups excluding carboxylic acids is 2. The molecule has 1 atom stereocenters. The van der Waals surface area contributed by atoms with E-state index in [-0.39, 0.29) is 23.6 Å². The van der Waals surface area contributed by atoms with Crippen LogP contribution in [0.1, 0.15) is 5.56 Å². The van der Waals surface area contributed by atoms with Crippen LogP contribution >= 0.6 is 0 Å². The summed E-state index contributed by atoms with van der Waals surface area (Å²) < 4.78 is 30.6. The molecule has 0 spiro atoms. The maximum Gasteiger partial charge on any atom is 0.387 e. The SMILES string of the molecule is O=C1NC(=O)[C@@](C#Cc2cccnc2)(Cn2cc3ccc(OC(F)F)cc3c2O)N1. The van der Waals surface area contributed by atoms with Crippen molar-refractivity contribution >= 4 is 22.7 Å². The van der Waals surface area contributed by atoms with Gasteiger partial charge in [-0.05, 0) is 30.3 Å². The number of fused-ring (bicyclic) bond motifs is 1. The van der Waals surface area contributed by atoms with Crippen LogP contribution in [0.3, 0.4) is 0 Å². The Morgan fingerprint density at radius 1 is 1.30 bits per heavy atom. The topological polar surface area (TPSA) is 105 Å². The normalized spacial score (nSPS) is 18.1. The van der Waals surface area contributed by atoms with Crippen LogP contribution in [0.15, 0.2) is 48.9 Å². The zero-order valence-corrected chi connectivity index (χ0v) is 15.2. The van der Waals surface area contributed by atoms with Gasteiger partial charge in [-0.3, -0.25) is 15.1 Å². The fourth-order valence-corrected chi connectivity index (χ4v) is 3.12. The Morgan fingerprint density at radius 2 is 2.13 bits per heavy atom. The van der Waals surface area contributed by atoms with Gasteiger partial charge in [0.05, 0.1) is 6.54 Å². The van der Waals surface area contributed by atoms with E-state index >= 15 is 0 Å². The van der Waals surface area contributed by atoms with Crippen molar-refractivity contribution in [3.05, 3.63) is 54.5 Å². The number of amides is 3. The van der Waals surface area contributed by atoms with Crippen molar-refractivity contribution in [3.8, 4) is 23.5 Å². The van der Waals surface area contributed by atoms with Crippen LogP contribution in [0.2, 0.25) is 0 Å². The van der Waals surface area contributed by atoms with Gasteiger partial charge in [-0.15, -0.1) is 0 Å². The van der Waals surface area contributed by atoms with E-state index < -0.39 is 24.1 Å². The lowest BCUT2D eigenvalue weighted by Crippen LogP contribution is -2.49. The summed E-state index contributed by atoms with van der Waals surface area (Å²) >= 11 is 0. The molecule has 4 rings (SSSR count). The summed E-state index contributed by atoms with van der Waals surface area (Å²) in [6, 6.07) is 6.73. The minimum absolute atomic E-state index is 0.122. The first kappa shape index (κ1) is 19.2. The van der Waals surface area contributed by atoms with Crippen LogP contribution in [-0.2, 0) is 11.3 Å². The molecule has 0 bridgehead atoms. The van der Waals surface area contributed by atoms with Gasteiger partial charge < -0.3 is 19.7 Å². The van der Waals surface area contributed by atoms with Crippen LogP contribution < -0.4 is 15.4 Å². The monoisotopic (exact) mass is 412 g/mol. The first-order valence-corrected chi connectivity index (χ1v) is 8.70. The second-order valence-electron chi connectivity index (χ2n) is 6.51. The third kappa shape index (κ3) is 3.60. The molecule has 10 heteroatoms. The van der Waals surface area contributed by atoms with Gasteiger partial charge in [0, 0.05) is 34.9 Å². The molecule has 0 aliphatic carbocycles. The molecule has 1 aromatic carbocycles. The molecule has 3 amide bonds. The van der Waals surface area contributed by atoms with Gasteiger partial charge >= 0.3 is 12.6 Å². The number of urea groups is 1. The number of imide groups is 1. The Hall–Kier alpha value is -4.13. The molecule has 1 saturated heterocycles. The van der Waals surface area contributed by atoms with E-state index in [0.29, 0.717) is 10.9 Å². The van der Waals surface area contributed by atoms with Crippen molar-refractivity contribution < 1.29 is 28.2 Å². The summed E-state index contributed by atoms with van der Waals surface area (Å²) in [6.45, 7) is -3.22. The predicted octanol–water partition coefficient (Wildman–Crippen LogP) is 1.97. The summed E-state index contributed by atoms with van der Waals surface area (Å²) in [7, 11) is 0. The minimum Gasteiger partial charge on any atom is -0.494 e. The van der Waals surface area contributed by atoms with Crippen molar-refractivity contribution in [2.24, 2.45) is 0 Å². The first-order chi connectivity index (χ1) is 14.4. The fourth-order valence-electron chi connectivity index (χ4n) is 3.12. The zero-order valence-electron chi connectivity index (χ0n) is 15.2. The number of carbonyl (C=O) groups is 2. The molecular formula is C20H14F2N4O4. The lowest BCUT2D eigenvalue weighted by molar-refractivity contribution is -0.122. The first-order valence-electron chi connectivity index (χ1n) is 8.70. The highest BCUT2D eigenvalue weighted by molar-refractivity contribution is 6.09. The summed E-state index contributed by atoms with van der Waals surface area (Å²) in [5.74, 6) is 4.47. The lowest BCUT2D eigenvalue weighted by Gasteiger charge is -2.20. The van der Waals surface area contributed by atoms with E-state index in [1.165, 1.54) is 35.2 Å². The minimum atomic E-state index is -3.00. The molecule has 1 aliphatic rings. The molecule has 152 valence electrons. The molecule has 0 radical (unpaired) electrons. The summed E-state index contributed by atoms with van der Waals surface area (Å²) in [6.07, 6.45) is 4.59. The van der Waals surface area contributed by atoms with Gasteiger partial charge in [-0.25, -0.2) is 4.79 Å². The van der Waals surface area contributed by atoms with Gasteiger partial charge in [0.15, 0.2) is 5.88 Å². The van der Waals surface area contributed by atoms with Crippen LogP contribution in [-0.4, -0.2) is 38.7 Å². The molecule has 0 unspecified atom stereocenters. The highest BCUT2D eigenvalue weighted by Crippen LogP contribution is 2.32. The maximum absolute atomic E-state index is 12.5. The van der Waals surface area contributed by atoms with Crippen LogP contribution in [0.4, 0.5) is 13.6 Å². The van der Waals surface area contributed by atoms with Crippen molar-refractivity contribution in [3.63, 3.8) is 0 Å². The van der Waals surface area contributed by atoms with Gasteiger partial charge in [-0.1, -0.05) is 11.8 Å². The van der Waals surface area contributed by atoms with Crippen LogP contribution in [0, 0.1) is 11.8 Å². The van der Waals surface area contributed by atoms with Crippen LogP contribution in [0.5, 0.6) is 11.6 Å². The summed E-state index contributed by atoms with van der Waals surface area (Å²) in [5, 5.41) is 16.0. The van der Waals surface area contributed by atoms with Gasteiger partial charge in [0.25, 0.3) is 5.91 Å². The number of rotatable bonds is 4. The summed E-state index contributed by atoms with van der Waals surface area (Å²) in [4.78, 5) is 28.3. The number of hydrogen-bond acceptors (Lipinski definition) is 5. The Kier molecular flexibility index (Phi) is 4.71. The Labute approximate surface area is 168 Å². The maximum atomic E-state index is 12.5. The molecular weight excluding hydrogens is 398 g/mol. The average molecular weight is 412 g/mol. The van der Waals surface area contributed by atoms with E-state index in [2.05, 4.69) is 32.2 Å². The van der Waals surface area contributed by atoms with E-state index in [1.807, 2.05) is 0 Å². The van der Waals surface area contributed by atoms with Gasteiger partial charge in [-0.2, -0.15) is 8.78 Å². The van der Waals surface area contributed by atoms with E-state index in [4.69, 9.17) is 0 Å². The fraction of sp³-hybridized carbons (Fsp3) is 0.150. The molecule has 0 saturated carbocycles. The smallest absolute Gasteiger partial charge is 0.387 e. The zero-order chi connectivity index (χ0) is 21.3. The quantitative estimate of drug-likeness (QED) is 0.449. The van der Waals surface area contributed by atoms with Crippen LogP contribution in [0.25, 0.3) is 10.8 Å². The number of pyridine rings is 1. The standard InChI is InChI=1S/C20H14F2N4O4/c21-18(22)30-14-4-3-13-10-26(16(27)15(13)8-14)11-20(17(28)24-19(29)25-20)6-5-12-2-1-7-23-9-12/h1-4,7-10,18,27H,11H2,(H2,24,25,28,29)/t20-/m1/s1. The second kappa shape index (κ2) is 7.36. The molecule has 2 aromatic heterocycles. The third-order valence-electron chi connectivity index (χ3n) is 4.49. The Balaban J connectivity index is 1.72. The average Bonchev–Trinajstić information content (AvgIpc) is 3.16. The number of aromatic nitrogens is 2. The third-order valence-corrected chi connectivity index (χ3v) is 4.49. The van der Waals surface area contributed by atoms with Crippen molar-refractivity contribution in [1.82, 2.24) is 20.2 Å². The molecule has 8 nitrogen and oxygen atoms in total. The summed E-state index contributed by atoms with van der Waals surface area (Å²) in [5.41, 5.74) is -1.12. The number of ether oxygens (including phenoxy) is 1. The van der Waals surface area contributed by atoms with E-state index in [9.17, 15) is 23.5 Å². The number of benzene rings is 1.